The molecule has 0 aliphatic rings. The number of carboxylic acid groups (broad SMARTS) is 2. The van der Waals surface area contributed by atoms with Crippen LogP contribution in [-0.4, -0.2) is 81.8 Å². The highest BCUT2D eigenvalue weighted by Gasteiger charge is 2.30. The molecule has 180 valence electrons. The summed E-state index contributed by atoms with van der Waals surface area (Å²) in [7, 11) is 0. The molecule has 0 aliphatic carbocycles. The van der Waals surface area contributed by atoms with Gasteiger partial charge >= 0.3 is 29.8 Å². The lowest BCUT2D eigenvalue weighted by Gasteiger charge is -2.26. The van der Waals surface area contributed by atoms with Crippen LogP contribution in [0.1, 0.15) is 51.8 Å². The van der Waals surface area contributed by atoms with E-state index in [4.69, 9.17) is 9.84 Å². The minimum atomic E-state index is -1.55. The Balaban J connectivity index is 2.21. The molecule has 0 aliphatic heterocycles. The fourth-order valence-corrected chi connectivity index (χ4v) is 2.59. The van der Waals surface area contributed by atoms with Crippen molar-refractivity contribution in [1.82, 2.24) is 0 Å². The first-order valence-corrected chi connectivity index (χ1v) is 9.54. The van der Waals surface area contributed by atoms with Crippen molar-refractivity contribution in [3.8, 4) is 0 Å². The molecule has 0 saturated carbocycles. The minimum Gasteiger partial charge on any atom is -0.478 e. The molecule has 0 aromatic heterocycles. The van der Waals surface area contributed by atoms with Crippen LogP contribution in [0.2, 0.25) is 0 Å². The summed E-state index contributed by atoms with van der Waals surface area (Å²) in [5, 5.41) is 46.1. The summed E-state index contributed by atoms with van der Waals surface area (Å²) in [5.41, 5.74) is -3.57. The van der Waals surface area contributed by atoms with Crippen LogP contribution >= 0.6 is 0 Å². The molecule has 0 saturated heterocycles. The zero-order chi connectivity index (χ0) is 25.5. The lowest BCUT2D eigenvalue weighted by atomic mass is 9.92. The van der Waals surface area contributed by atoms with Crippen molar-refractivity contribution in [2.24, 2.45) is 5.41 Å². The smallest absolute Gasteiger partial charge is 0.346 e. The lowest BCUT2D eigenvalue weighted by Crippen LogP contribution is -2.39. The maximum absolute atomic E-state index is 12.4. The average molecular weight is 476 g/mol. The first-order chi connectivity index (χ1) is 16.1. The summed E-state index contributed by atoms with van der Waals surface area (Å²) in [6.45, 7) is -2.52. The number of ether oxygens (including phenoxy) is 2. The molecule has 0 bridgehead atoms. The minimum absolute atomic E-state index is 0.163. The van der Waals surface area contributed by atoms with Gasteiger partial charge < -0.3 is 35.0 Å². The number of hydrogen-bond donors (Lipinski definition) is 5. The molecule has 12 heteroatoms. The molecule has 2 rings (SSSR count). The molecule has 0 atom stereocenters. The number of carbonyl (C=O) groups excluding carboxylic acids is 3. The normalized spacial score (nSPS) is 10.9. The summed E-state index contributed by atoms with van der Waals surface area (Å²) < 4.78 is 9.63. The predicted molar refractivity (Wildman–Crippen MR) is 111 cm³/mol. The third kappa shape index (κ3) is 6.01. The van der Waals surface area contributed by atoms with E-state index in [1.54, 1.807) is 0 Å². The number of aliphatic hydroxyl groups excluding tert-OH is 3. The molecule has 34 heavy (non-hydrogen) atoms. The van der Waals surface area contributed by atoms with Crippen LogP contribution in [0, 0.1) is 5.41 Å². The van der Waals surface area contributed by atoms with Gasteiger partial charge in [-0.15, -0.1) is 0 Å². The molecule has 0 amide bonds. The maximum atomic E-state index is 12.4. The highest BCUT2D eigenvalue weighted by molar-refractivity contribution is 6.09. The molecule has 0 unspecified atom stereocenters. The Kier molecular flexibility index (Phi) is 8.56. The molecular weight excluding hydrogens is 456 g/mol. The second kappa shape index (κ2) is 11.1. The second-order valence-corrected chi connectivity index (χ2v) is 7.18. The van der Waals surface area contributed by atoms with Crippen molar-refractivity contribution >= 4 is 29.8 Å². The van der Waals surface area contributed by atoms with Gasteiger partial charge in [0.1, 0.15) is 6.61 Å². The SMILES string of the molecule is O=C(O)c1ccc(C(=O)O)c(C(=O)OC(=O)c2cccc(C(=O)OCC(CO)(CO)CO)c2)c1. The second-order valence-electron chi connectivity index (χ2n) is 7.18. The summed E-state index contributed by atoms with van der Waals surface area (Å²) in [4.78, 5) is 59.5. The van der Waals surface area contributed by atoms with Crippen LogP contribution in [-0.2, 0) is 9.47 Å². The number of carboxylic acids is 2. The van der Waals surface area contributed by atoms with Gasteiger partial charge in [-0.1, -0.05) is 6.07 Å². The molecule has 5 N–H and O–H groups in total. The number of esters is 3. The van der Waals surface area contributed by atoms with Gasteiger partial charge in [-0.3, -0.25) is 0 Å². The lowest BCUT2D eigenvalue weighted by molar-refractivity contribution is -0.0441. The number of hydrogen-bond acceptors (Lipinski definition) is 10. The van der Waals surface area contributed by atoms with Crippen LogP contribution in [0.15, 0.2) is 42.5 Å². The van der Waals surface area contributed by atoms with Crippen molar-refractivity contribution in [2.75, 3.05) is 26.4 Å². The Labute approximate surface area is 191 Å². The van der Waals surface area contributed by atoms with Crippen molar-refractivity contribution < 1.29 is 59.0 Å². The number of aliphatic hydroxyl groups is 3. The zero-order valence-electron chi connectivity index (χ0n) is 17.5. The van der Waals surface area contributed by atoms with E-state index in [2.05, 4.69) is 4.74 Å². The van der Waals surface area contributed by atoms with E-state index in [0.717, 1.165) is 24.3 Å². The highest BCUT2D eigenvalue weighted by atomic mass is 16.6. The maximum Gasteiger partial charge on any atom is 0.346 e. The molecule has 0 spiro atoms. The Morgan fingerprint density at radius 1 is 0.676 bits per heavy atom. The van der Waals surface area contributed by atoms with Crippen LogP contribution in [0.5, 0.6) is 0 Å². The van der Waals surface area contributed by atoms with Gasteiger partial charge in [-0.05, 0) is 36.4 Å². The van der Waals surface area contributed by atoms with Gasteiger partial charge in [-0.25, -0.2) is 24.0 Å². The van der Waals surface area contributed by atoms with Gasteiger partial charge in [0, 0.05) is 0 Å². The van der Waals surface area contributed by atoms with E-state index in [1.807, 2.05) is 0 Å². The van der Waals surface area contributed by atoms with Crippen LogP contribution in [0.4, 0.5) is 0 Å². The van der Waals surface area contributed by atoms with E-state index < -0.39 is 78.4 Å². The van der Waals surface area contributed by atoms with Gasteiger partial charge in [0.05, 0.1) is 53.1 Å². The molecule has 0 heterocycles. The summed E-state index contributed by atoms with van der Waals surface area (Å²) in [6.07, 6.45) is 0. The van der Waals surface area contributed by atoms with Crippen LogP contribution in [0.3, 0.4) is 0 Å². The molecule has 12 nitrogen and oxygen atoms in total. The van der Waals surface area contributed by atoms with E-state index in [0.29, 0.717) is 0 Å². The largest absolute Gasteiger partial charge is 0.478 e. The van der Waals surface area contributed by atoms with Crippen molar-refractivity contribution in [3.05, 3.63) is 70.3 Å². The molecule has 0 fully saturated rings. The quantitative estimate of drug-likeness (QED) is 0.230. The van der Waals surface area contributed by atoms with Gasteiger partial charge in [0.2, 0.25) is 0 Å². The summed E-state index contributed by atoms with van der Waals surface area (Å²) in [6, 6.07) is 7.35. The number of aromatic carboxylic acids is 2. The number of benzene rings is 2. The first kappa shape index (κ1) is 26.1. The highest BCUT2D eigenvalue weighted by Crippen LogP contribution is 2.18. The van der Waals surface area contributed by atoms with E-state index in [9.17, 15) is 44.4 Å². The predicted octanol–water partition coefficient (Wildman–Crippen LogP) is 0.200. The van der Waals surface area contributed by atoms with E-state index in [-0.39, 0.29) is 11.1 Å². The summed E-state index contributed by atoms with van der Waals surface area (Å²) >= 11 is 0. The standard InChI is InChI=1S/C22H20O12/c23-8-22(9-24,10-25)11-33-19(30)13-2-1-3-14(6-13)20(31)34-21(32)16-7-12(17(26)27)4-5-15(16)18(28)29/h1-7,23-25H,8-11H2,(H,26,27)(H,28,29). The Hall–Kier alpha value is -4.13. The molecule has 2 aromatic carbocycles. The van der Waals surface area contributed by atoms with Crippen molar-refractivity contribution in [3.63, 3.8) is 0 Å². The van der Waals surface area contributed by atoms with Gasteiger partial charge in [-0.2, -0.15) is 0 Å². The van der Waals surface area contributed by atoms with E-state index in [1.165, 1.54) is 18.2 Å². The zero-order valence-corrected chi connectivity index (χ0v) is 17.5. The Bertz CT molecular complexity index is 1110. The van der Waals surface area contributed by atoms with Crippen molar-refractivity contribution in [2.45, 2.75) is 0 Å². The van der Waals surface area contributed by atoms with Crippen LogP contribution < -0.4 is 0 Å². The topological polar surface area (TPSA) is 205 Å². The van der Waals surface area contributed by atoms with Crippen LogP contribution in [0.25, 0.3) is 0 Å². The number of rotatable bonds is 10. The monoisotopic (exact) mass is 476 g/mol. The fourth-order valence-electron chi connectivity index (χ4n) is 2.59. The molecular formula is C22H20O12. The van der Waals surface area contributed by atoms with Gasteiger partial charge in [0.25, 0.3) is 0 Å². The third-order valence-corrected chi connectivity index (χ3v) is 4.75. The summed E-state index contributed by atoms with van der Waals surface area (Å²) in [5.74, 6) is -6.63. The average Bonchev–Trinajstić information content (AvgIpc) is 2.84. The number of carbonyl (C=O) groups is 5. The van der Waals surface area contributed by atoms with Crippen molar-refractivity contribution in [1.29, 1.82) is 0 Å². The van der Waals surface area contributed by atoms with Gasteiger partial charge in [0.15, 0.2) is 0 Å². The third-order valence-electron chi connectivity index (χ3n) is 4.75. The molecule has 0 radical (unpaired) electrons. The Morgan fingerprint density at radius 2 is 1.26 bits per heavy atom. The Morgan fingerprint density at radius 3 is 1.79 bits per heavy atom. The fraction of sp³-hybridized carbons (Fsp3) is 0.227. The first-order valence-electron chi connectivity index (χ1n) is 9.54. The van der Waals surface area contributed by atoms with E-state index >= 15 is 0 Å². The molecule has 2 aromatic rings.